The van der Waals surface area contributed by atoms with Crippen LogP contribution in [0.3, 0.4) is 0 Å². The van der Waals surface area contributed by atoms with Crippen molar-refractivity contribution < 1.29 is 14.4 Å². The first kappa shape index (κ1) is 11.3. The van der Waals surface area contributed by atoms with E-state index in [1.807, 2.05) is 0 Å². The summed E-state index contributed by atoms with van der Waals surface area (Å²) < 4.78 is 0. The van der Waals surface area contributed by atoms with Crippen molar-refractivity contribution in [1.29, 1.82) is 0 Å². The van der Waals surface area contributed by atoms with Crippen LogP contribution in [-0.2, 0) is 14.4 Å². The first-order valence-corrected chi connectivity index (χ1v) is 4.80. The first-order valence-electron chi connectivity index (χ1n) is 3.93. The third-order valence-electron chi connectivity index (χ3n) is 1.75. The van der Waals surface area contributed by atoms with Crippen LogP contribution < -0.4 is 10.6 Å². The molecule has 0 aromatic carbocycles. The van der Waals surface area contributed by atoms with E-state index >= 15 is 0 Å². The molecule has 1 saturated heterocycles. The summed E-state index contributed by atoms with van der Waals surface area (Å²) in [5, 5.41) is 4.42. The molecule has 1 heterocycles. The van der Waals surface area contributed by atoms with Gasteiger partial charge < -0.3 is 5.32 Å². The average Bonchev–Trinajstić information content (AvgIpc) is 2.09. The van der Waals surface area contributed by atoms with Gasteiger partial charge in [0.1, 0.15) is 6.04 Å². The number of carbonyl (C=O) groups excluding carboxylic acids is 3. The molecule has 7 heteroatoms. The van der Waals surface area contributed by atoms with E-state index < -0.39 is 22.7 Å². The Labute approximate surface area is 90.1 Å². The fourth-order valence-corrected chi connectivity index (χ4v) is 1.19. The molecule has 1 unspecified atom stereocenters. The molecule has 3 amide bonds. The van der Waals surface area contributed by atoms with Crippen LogP contribution in [0.15, 0.2) is 0 Å². The van der Waals surface area contributed by atoms with Crippen molar-refractivity contribution in [2.24, 2.45) is 0 Å². The lowest BCUT2D eigenvalue weighted by atomic mass is 10.1. The SMILES string of the molecule is O=C1CCC(NC(=O)C(Cl)Cl)C(=O)N1. The molecule has 0 spiro atoms. The minimum absolute atomic E-state index is 0.200. The Bertz CT molecular complexity index is 280. The number of carbonyl (C=O) groups is 3. The Morgan fingerprint density at radius 3 is 2.64 bits per heavy atom. The third kappa shape index (κ3) is 2.85. The Morgan fingerprint density at radius 2 is 2.14 bits per heavy atom. The maximum absolute atomic E-state index is 11.1. The zero-order valence-corrected chi connectivity index (χ0v) is 8.56. The second kappa shape index (κ2) is 4.61. The molecule has 1 fully saturated rings. The van der Waals surface area contributed by atoms with Gasteiger partial charge in [-0.2, -0.15) is 0 Å². The van der Waals surface area contributed by atoms with Gasteiger partial charge in [-0.15, -0.1) is 0 Å². The molecule has 78 valence electrons. The predicted octanol–water partition coefficient (Wildman–Crippen LogP) is -0.289. The van der Waals surface area contributed by atoms with Gasteiger partial charge in [0.05, 0.1) is 0 Å². The van der Waals surface area contributed by atoms with Crippen LogP contribution in [-0.4, -0.2) is 28.6 Å². The second-order valence-corrected chi connectivity index (χ2v) is 3.91. The molecular weight excluding hydrogens is 231 g/mol. The number of alkyl halides is 2. The van der Waals surface area contributed by atoms with E-state index in [1.165, 1.54) is 0 Å². The number of piperidine rings is 1. The largest absolute Gasteiger partial charge is 0.342 e. The summed E-state index contributed by atoms with van der Waals surface area (Å²) >= 11 is 10.6. The normalized spacial score (nSPS) is 22.1. The Balaban J connectivity index is 2.49. The van der Waals surface area contributed by atoms with E-state index in [9.17, 15) is 14.4 Å². The lowest BCUT2D eigenvalue weighted by Gasteiger charge is -2.21. The summed E-state index contributed by atoms with van der Waals surface area (Å²) in [6.45, 7) is 0. The zero-order valence-electron chi connectivity index (χ0n) is 7.05. The van der Waals surface area contributed by atoms with Crippen LogP contribution in [0.25, 0.3) is 0 Å². The van der Waals surface area contributed by atoms with Crippen molar-refractivity contribution in [1.82, 2.24) is 10.6 Å². The molecule has 0 aromatic heterocycles. The van der Waals surface area contributed by atoms with Crippen LogP contribution in [0.5, 0.6) is 0 Å². The molecule has 0 aromatic rings. The first-order chi connectivity index (χ1) is 6.50. The van der Waals surface area contributed by atoms with Crippen LogP contribution in [0.2, 0.25) is 0 Å². The number of amides is 3. The van der Waals surface area contributed by atoms with Gasteiger partial charge in [-0.25, -0.2) is 0 Å². The summed E-state index contributed by atoms with van der Waals surface area (Å²) in [5.41, 5.74) is 0. The van der Waals surface area contributed by atoms with E-state index in [2.05, 4.69) is 10.6 Å². The van der Waals surface area contributed by atoms with Gasteiger partial charge in [0.15, 0.2) is 4.84 Å². The quantitative estimate of drug-likeness (QED) is 0.513. The number of hydrogen-bond acceptors (Lipinski definition) is 3. The van der Waals surface area contributed by atoms with Crippen LogP contribution in [0.4, 0.5) is 0 Å². The minimum Gasteiger partial charge on any atom is -0.342 e. The van der Waals surface area contributed by atoms with Crippen molar-refractivity contribution in [2.75, 3.05) is 0 Å². The zero-order chi connectivity index (χ0) is 10.7. The summed E-state index contributed by atoms with van der Waals surface area (Å²) in [4.78, 5) is 31.7. The van der Waals surface area contributed by atoms with Crippen molar-refractivity contribution in [3.05, 3.63) is 0 Å². The molecule has 1 atom stereocenters. The Hall–Kier alpha value is -0.810. The average molecular weight is 239 g/mol. The molecule has 0 bridgehead atoms. The van der Waals surface area contributed by atoms with Crippen LogP contribution in [0, 0.1) is 0 Å². The molecule has 0 radical (unpaired) electrons. The Morgan fingerprint density at radius 1 is 1.50 bits per heavy atom. The smallest absolute Gasteiger partial charge is 0.253 e. The molecule has 0 aliphatic carbocycles. The van der Waals surface area contributed by atoms with Gasteiger partial charge in [-0.1, -0.05) is 23.2 Å². The monoisotopic (exact) mass is 238 g/mol. The van der Waals surface area contributed by atoms with E-state index in [-0.39, 0.29) is 18.7 Å². The van der Waals surface area contributed by atoms with Crippen molar-refractivity contribution in [2.45, 2.75) is 23.7 Å². The molecule has 0 saturated carbocycles. The van der Waals surface area contributed by atoms with Crippen LogP contribution in [0.1, 0.15) is 12.8 Å². The topological polar surface area (TPSA) is 75.3 Å². The second-order valence-electron chi connectivity index (χ2n) is 2.81. The molecule has 14 heavy (non-hydrogen) atoms. The number of hydrogen-bond donors (Lipinski definition) is 2. The van der Waals surface area contributed by atoms with Gasteiger partial charge in [-0.3, -0.25) is 19.7 Å². The van der Waals surface area contributed by atoms with Crippen molar-refractivity contribution >= 4 is 40.9 Å². The minimum atomic E-state index is -1.21. The molecular formula is C7H8Cl2N2O3. The molecule has 5 nitrogen and oxygen atoms in total. The van der Waals surface area contributed by atoms with Crippen LogP contribution >= 0.6 is 23.2 Å². The summed E-state index contributed by atoms with van der Waals surface area (Å²) in [5.74, 6) is -1.50. The van der Waals surface area contributed by atoms with Crippen molar-refractivity contribution in [3.63, 3.8) is 0 Å². The van der Waals surface area contributed by atoms with Gasteiger partial charge in [0, 0.05) is 6.42 Å². The Kier molecular flexibility index (Phi) is 3.71. The third-order valence-corrected chi connectivity index (χ3v) is 2.15. The fraction of sp³-hybridized carbons (Fsp3) is 0.571. The standard InChI is InChI=1S/C7H8Cl2N2O3/c8-5(9)7(14)10-3-1-2-4(12)11-6(3)13/h3,5H,1-2H2,(H,10,14)(H,11,12,13). The van der Waals surface area contributed by atoms with E-state index in [0.717, 1.165) is 0 Å². The maximum atomic E-state index is 11.1. The van der Waals surface area contributed by atoms with Gasteiger partial charge in [0.25, 0.3) is 5.91 Å². The van der Waals surface area contributed by atoms with Gasteiger partial charge >= 0.3 is 0 Å². The lowest BCUT2D eigenvalue weighted by molar-refractivity contribution is -0.137. The fourth-order valence-electron chi connectivity index (χ4n) is 1.07. The van der Waals surface area contributed by atoms with E-state index in [4.69, 9.17) is 23.2 Å². The highest BCUT2D eigenvalue weighted by atomic mass is 35.5. The highest BCUT2D eigenvalue weighted by molar-refractivity contribution is 6.53. The molecule has 2 N–H and O–H groups in total. The molecule has 1 aliphatic rings. The highest BCUT2D eigenvalue weighted by Crippen LogP contribution is 2.07. The van der Waals surface area contributed by atoms with Gasteiger partial charge in [-0.05, 0) is 6.42 Å². The summed E-state index contributed by atoms with van der Waals surface area (Å²) in [7, 11) is 0. The van der Waals surface area contributed by atoms with E-state index in [1.54, 1.807) is 0 Å². The van der Waals surface area contributed by atoms with Gasteiger partial charge in [0.2, 0.25) is 11.8 Å². The number of nitrogens with one attached hydrogen (secondary N) is 2. The number of imide groups is 1. The molecule has 1 rings (SSSR count). The van der Waals surface area contributed by atoms with E-state index in [0.29, 0.717) is 0 Å². The number of halogens is 2. The lowest BCUT2D eigenvalue weighted by Crippen LogP contribution is -2.53. The van der Waals surface area contributed by atoms with Crippen molar-refractivity contribution in [3.8, 4) is 0 Å². The summed E-state index contributed by atoms with van der Waals surface area (Å²) in [6.07, 6.45) is 0.475. The highest BCUT2D eigenvalue weighted by Gasteiger charge is 2.28. The molecule has 1 aliphatic heterocycles. The maximum Gasteiger partial charge on any atom is 0.253 e. The predicted molar refractivity (Wildman–Crippen MR) is 49.8 cm³/mol. The number of rotatable bonds is 2. The summed E-state index contributed by atoms with van der Waals surface area (Å²) in [6, 6.07) is -0.722.